The van der Waals surface area contributed by atoms with Crippen LogP contribution in [0.1, 0.15) is 20.8 Å². The number of benzene rings is 2. The Hall–Kier alpha value is -5.18. The first-order valence-electron chi connectivity index (χ1n) is 15.2. The topological polar surface area (TPSA) is 288 Å². The van der Waals surface area contributed by atoms with Crippen LogP contribution in [0.2, 0.25) is 0 Å². The van der Waals surface area contributed by atoms with E-state index in [0.717, 1.165) is 45.0 Å². The Morgan fingerprint density at radius 2 is 1.47 bits per heavy atom. The van der Waals surface area contributed by atoms with Gasteiger partial charge in [-0.15, -0.1) is 0 Å². The number of phenolic OH excluding ortho intramolecular Hbond substituents is 3. The fourth-order valence-corrected chi connectivity index (χ4v) is 5.53. The van der Waals surface area contributed by atoms with Crippen molar-refractivity contribution in [3.05, 3.63) is 40.6 Å². The third-order valence-electron chi connectivity index (χ3n) is 7.80. The standard InChI is InChI=1S/C32H34O19/c1-11(33)46-21-10-45-32(30(48-13(3)35)29(21)47-12(2)34)44-9-20-23(39)25(41)27(43)31(51-20)50-19-8-15(36)7-18-22(19)24(40)26(42)28(49-18)14-4-5-16(37)17(38)6-14/h4-8,20-21,23,25,27,29-32,36-39,41-43H,9-10H2,1-3H3. The van der Waals surface area contributed by atoms with E-state index in [1.54, 1.807) is 0 Å². The Balaban J connectivity index is 1.40. The summed E-state index contributed by atoms with van der Waals surface area (Å²) in [6.07, 6.45) is -14.7. The van der Waals surface area contributed by atoms with Gasteiger partial charge in [0.1, 0.15) is 46.9 Å². The molecule has 3 aromatic rings. The van der Waals surface area contributed by atoms with Gasteiger partial charge in [-0.05, 0) is 18.2 Å². The number of carbonyl (C=O) groups is 3. The first kappa shape index (κ1) is 37.1. The van der Waals surface area contributed by atoms with Gasteiger partial charge in [0.05, 0.1) is 13.2 Å². The quantitative estimate of drug-likeness (QED) is 0.0843. The van der Waals surface area contributed by atoms with Gasteiger partial charge in [0.15, 0.2) is 41.9 Å². The summed E-state index contributed by atoms with van der Waals surface area (Å²) < 4.78 is 44.0. The fourth-order valence-electron chi connectivity index (χ4n) is 5.53. The summed E-state index contributed by atoms with van der Waals surface area (Å²) in [6, 6.07) is 5.28. The summed E-state index contributed by atoms with van der Waals surface area (Å²) in [5.41, 5.74) is -1.43. The van der Waals surface area contributed by atoms with E-state index in [0.29, 0.717) is 0 Å². The van der Waals surface area contributed by atoms with Crippen molar-refractivity contribution in [1.29, 1.82) is 0 Å². The summed E-state index contributed by atoms with van der Waals surface area (Å²) >= 11 is 0. The van der Waals surface area contributed by atoms with E-state index >= 15 is 0 Å². The number of fused-ring (bicyclic) bond motifs is 1. The van der Waals surface area contributed by atoms with Crippen molar-refractivity contribution in [3.63, 3.8) is 0 Å². The number of aliphatic hydroxyl groups excluding tert-OH is 3. The normalized spacial score (nSPS) is 27.8. The minimum absolute atomic E-state index is 0.0161. The molecule has 9 unspecified atom stereocenters. The third kappa shape index (κ3) is 7.93. The van der Waals surface area contributed by atoms with E-state index in [4.69, 9.17) is 37.6 Å². The van der Waals surface area contributed by atoms with Crippen LogP contribution in [0.5, 0.6) is 28.7 Å². The molecule has 19 nitrogen and oxygen atoms in total. The zero-order valence-electron chi connectivity index (χ0n) is 27.0. The Kier molecular flexibility index (Phi) is 10.9. The van der Waals surface area contributed by atoms with Crippen molar-refractivity contribution in [2.75, 3.05) is 13.2 Å². The van der Waals surface area contributed by atoms with Crippen LogP contribution in [0.15, 0.2) is 39.5 Å². The van der Waals surface area contributed by atoms with Crippen molar-refractivity contribution in [1.82, 2.24) is 0 Å². The molecule has 3 heterocycles. The minimum Gasteiger partial charge on any atom is -0.508 e. The lowest BCUT2D eigenvalue weighted by Gasteiger charge is -2.42. The molecule has 1 aromatic heterocycles. The van der Waals surface area contributed by atoms with Gasteiger partial charge in [0.25, 0.3) is 0 Å². The highest BCUT2D eigenvalue weighted by Crippen LogP contribution is 2.39. The molecule has 2 fully saturated rings. The molecule has 0 amide bonds. The van der Waals surface area contributed by atoms with Crippen LogP contribution in [-0.2, 0) is 42.8 Å². The molecule has 0 spiro atoms. The number of aliphatic hydroxyl groups is 3. The van der Waals surface area contributed by atoms with E-state index in [1.807, 2.05) is 0 Å². The Bertz CT molecular complexity index is 1850. The third-order valence-corrected chi connectivity index (χ3v) is 7.80. The van der Waals surface area contributed by atoms with Gasteiger partial charge >= 0.3 is 17.9 Å². The second-order valence-corrected chi connectivity index (χ2v) is 11.6. The predicted molar refractivity (Wildman–Crippen MR) is 164 cm³/mol. The van der Waals surface area contributed by atoms with Crippen molar-refractivity contribution in [2.45, 2.75) is 76.1 Å². The molecule has 9 atom stereocenters. The Labute approximate surface area is 286 Å². The number of esters is 3. The fraction of sp³-hybridized carbons (Fsp3) is 0.438. The highest BCUT2D eigenvalue weighted by molar-refractivity contribution is 5.88. The average Bonchev–Trinajstić information content (AvgIpc) is 3.05. The number of ether oxygens (including phenoxy) is 7. The molecule has 2 aliphatic heterocycles. The maximum absolute atomic E-state index is 13.4. The molecule has 19 heteroatoms. The molecule has 0 bridgehead atoms. The molecule has 2 aromatic carbocycles. The average molecular weight is 723 g/mol. The lowest BCUT2D eigenvalue weighted by molar-refractivity contribution is -0.310. The minimum atomic E-state index is -1.97. The van der Waals surface area contributed by atoms with Crippen molar-refractivity contribution < 1.29 is 87.7 Å². The van der Waals surface area contributed by atoms with Gasteiger partial charge in [-0.3, -0.25) is 19.2 Å². The lowest BCUT2D eigenvalue weighted by Crippen LogP contribution is -2.61. The largest absolute Gasteiger partial charge is 0.508 e. The highest BCUT2D eigenvalue weighted by Gasteiger charge is 2.50. The molecular formula is C32H34O19. The van der Waals surface area contributed by atoms with E-state index in [-0.39, 0.29) is 17.8 Å². The van der Waals surface area contributed by atoms with E-state index in [2.05, 4.69) is 0 Å². The van der Waals surface area contributed by atoms with Gasteiger partial charge in [-0.1, -0.05) is 0 Å². The van der Waals surface area contributed by atoms with Crippen LogP contribution in [-0.4, -0.2) is 122 Å². The van der Waals surface area contributed by atoms with E-state index < -0.39 is 125 Å². The molecule has 0 radical (unpaired) electrons. The number of rotatable bonds is 9. The van der Waals surface area contributed by atoms with E-state index in [9.17, 15) is 54.9 Å². The number of hydrogen-bond donors (Lipinski definition) is 7. The first-order valence-corrected chi connectivity index (χ1v) is 15.2. The summed E-state index contributed by atoms with van der Waals surface area (Å²) in [6.45, 7) is 2.20. The smallest absolute Gasteiger partial charge is 0.303 e. The summed E-state index contributed by atoms with van der Waals surface area (Å²) in [4.78, 5) is 48.8. The monoisotopic (exact) mass is 722 g/mol. The molecule has 5 rings (SSSR count). The summed E-state index contributed by atoms with van der Waals surface area (Å²) in [5, 5.41) is 72.3. The van der Waals surface area contributed by atoms with Gasteiger partial charge in [-0.25, -0.2) is 0 Å². The zero-order chi connectivity index (χ0) is 37.3. The first-order chi connectivity index (χ1) is 24.0. The predicted octanol–water partition coefficient (Wildman–Crippen LogP) is -0.363. The molecular weight excluding hydrogens is 688 g/mol. The van der Waals surface area contributed by atoms with Gasteiger partial charge in [0.2, 0.25) is 17.5 Å². The van der Waals surface area contributed by atoms with Crippen LogP contribution in [0, 0.1) is 0 Å². The van der Waals surface area contributed by atoms with Crippen LogP contribution in [0.4, 0.5) is 0 Å². The second kappa shape index (κ2) is 15.0. The van der Waals surface area contributed by atoms with Crippen LogP contribution in [0.25, 0.3) is 22.3 Å². The number of phenols is 3. The maximum atomic E-state index is 13.4. The molecule has 51 heavy (non-hydrogen) atoms. The van der Waals surface area contributed by atoms with Crippen LogP contribution >= 0.6 is 0 Å². The number of carbonyl (C=O) groups excluding carboxylic acids is 3. The molecule has 276 valence electrons. The number of aromatic hydroxyl groups is 4. The second-order valence-electron chi connectivity index (χ2n) is 11.6. The molecule has 2 saturated heterocycles. The van der Waals surface area contributed by atoms with Crippen LogP contribution < -0.4 is 10.2 Å². The molecule has 7 N–H and O–H groups in total. The molecule has 0 saturated carbocycles. The van der Waals surface area contributed by atoms with Gasteiger partial charge in [-0.2, -0.15) is 0 Å². The molecule has 2 aliphatic rings. The van der Waals surface area contributed by atoms with Crippen LogP contribution in [0.3, 0.4) is 0 Å². The Morgan fingerprint density at radius 1 is 0.804 bits per heavy atom. The zero-order valence-corrected chi connectivity index (χ0v) is 27.0. The molecule has 0 aliphatic carbocycles. The Morgan fingerprint density at radius 3 is 2.12 bits per heavy atom. The van der Waals surface area contributed by atoms with Crippen molar-refractivity contribution in [2.24, 2.45) is 0 Å². The maximum Gasteiger partial charge on any atom is 0.303 e. The summed E-state index contributed by atoms with van der Waals surface area (Å²) in [5.74, 6) is -5.86. The highest BCUT2D eigenvalue weighted by atomic mass is 16.7. The van der Waals surface area contributed by atoms with Gasteiger partial charge in [0, 0.05) is 38.5 Å². The summed E-state index contributed by atoms with van der Waals surface area (Å²) in [7, 11) is 0. The van der Waals surface area contributed by atoms with Crippen molar-refractivity contribution in [3.8, 4) is 40.1 Å². The van der Waals surface area contributed by atoms with Crippen molar-refractivity contribution >= 4 is 28.9 Å². The van der Waals surface area contributed by atoms with Gasteiger partial charge < -0.3 is 73.3 Å². The van der Waals surface area contributed by atoms with E-state index in [1.165, 1.54) is 6.07 Å². The lowest BCUT2D eigenvalue weighted by atomic mass is 9.99. The number of hydrogen-bond acceptors (Lipinski definition) is 19. The SMILES string of the molecule is CC(=O)OC1COC(OCC2OC(Oc3cc(O)cc4oc(-c5ccc(O)c(O)c5)c(O)c(=O)c34)C(O)C(O)C2O)C(OC(C)=O)C1OC(C)=O.